The van der Waals surface area contributed by atoms with Crippen molar-refractivity contribution < 1.29 is 9.90 Å². The van der Waals surface area contributed by atoms with Gasteiger partial charge in [-0.1, -0.05) is 13.8 Å². The van der Waals surface area contributed by atoms with Crippen LogP contribution in [0.15, 0.2) is 11.1 Å². The summed E-state index contributed by atoms with van der Waals surface area (Å²) in [6.45, 7) is 6.27. The van der Waals surface area contributed by atoms with E-state index in [9.17, 15) is 9.90 Å². The predicted molar refractivity (Wildman–Crippen MR) is 69.7 cm³/mol. The molecule has 2 atom stereocenters. The van der Waals surface area contributed by atoms with Crippen LogP contribution in [0.2, 0.25) is 0 Å². The SMILES string of the molecule is CCSC(C)CC1CC(=O)C(C)=C(CO)C1. The Hall–Kier alpha value is -0.280. The standard InChI is InChI=1S/C13H22O2S/c1-4-16-9(2)5-11-6-12(8-14)10(3)13(15)7-11/h9,11,14H,4-8H2,1-3H3. The molecule has 0 bridgehead atoms. The number of hydrogen-bond donors (Lipinski definition) is 1. The first-order chi connectivity index (χ1) is 7.58. The highest BCUT2D eigenvalue weighted by Gasteiger charge is 2.25. The van der Waals surface area contributed by atoms with Crippen molar-refractivity contribution in [2.75, 3.05) is 12.4 Å². The van der Waals surface area contributed by atoms with Gasteiger partial charge in [0.05, 0.1) is 6.61 Å². The summed E-state index contributed by atoms with van der Waals surface area (Å²) in [6.07, 6.45) is 2.66. The topological polar surface area (TPSA) is 37.3 Å². The van der Waals surface area contributed by atoms with Crippen molar-refractivity contribution in [3.8, 4) is 0 Å². The quantitative estimate of drug-likeness (QED) is 0.805. The van der Waals surface area contributed by atoms with Gasteiger partial charge in [0, 0.05) is 11.7 Å². The molecule has 0 aliphatic heterocycles. The number of carbonyl (C=O) groups excluding carboxylic acids is 1. The smallest absolute Gasteiger partial charge is 0.158 e. The number of carbonyl (C=O) groups is 1. The highest BCUT2D eigenvalue weighted by Crippen LogP contribution is 2.32. The number of thioether (sulfide) groups is 1. The van der Waals surface area contributed by atoms with Gasteiger partial charge in [-0.05, 0) is 42.6 Å². The monoisotopic (exact) mass is 242 g/mol. The van der Waals surface area contributed by atoms with E-state index in [2.05, 4.69) is 13.8 Å². The molecule has 92 valence electrons. The van der Waals surface area contributed by atoms with E-state index in [0.717, 1.165) is 29.7 Å². The van der Waals surface area contributed by atoms with Crippen molar-refractivity contribution in [3.63, 3.8) is 0 Å². The number of allylic oxidation sites excluding steroid dienone is 1. The lowest BCUT2D eigenvalue weighted by Gasteiger charge is -2.26. The molecule has 0 radical (unpaired) electrons. The second-order valence-corrected chi connectivity index (χ2v) is 6.30. The average molecular weight is 242 g/mol. The Bertz CT molecular complexity index is 284. The molecule has 0 aromatic carbocycles. The lowest BCUT2D eigenvalue weighted by Crippen LogP contribution is -2.22. The Labute approximate surface area is 103 Å². The fraction of sp³-hybridized carbons (Fsp3) is 0.769. The number of hydrogen-bond acceptors (Lipinski definition) is 3. The molecule has 1 aliphatic carbocycles. The Kier molecular flexibility index (Phi) is 5.56. The molecule has 2 nitrogen and oxygen atoms in total. The molecule has 0 aromatic heterocycles. The van der Waals surface area contributed by atoms with E-state index in [1.807, 2.05) is 18.7 Å². The van der Waals surface area contributed by atoms with E-state index in [4.69, 9.17) is 0 Å². The van der Waals surface area contributed by atoms with Crippen LogP contribution in [0.25, 0.3) is 0 Å². The lowest BCUT2D eigenvalue weighted by atomic mass is 9.81. The molecule has 16 heavy (non-hydrogen) atoms. The largest absolute Gasteiger partial charge is 0.392 e. The Morgan fingerprint density at radius 1 is 1.50 bits per heavy atom. The zero-order valence-electron chi connectivity index (χ0n) is 10.5. The van der Waals surface area contributed by atoms with E-state index >= 15 is 0 Å². The fourth-order valence-corrected chi connectivity index (χ4v) is 3.34. The van der Waals surface area contributed by atoms with Crippen molar-refractivity contribution in [3.05, 3.63) is 11.1 Å². The van der Waals surface area contributed by atoms with Crippen molar-refractivity contribution in [1.82, 2.24) is 0 Å². The van der Waals surface area contributed by atoms with E-state index in [1.165, 1.54) is 0 Å². The summed E-state index contributed by atoms with van der Waals surface area (Å²) in [6, 6.07) is 0. The normalized spacial score (nSPS) is 23.8. The Morgan fingerprint density at radius 2 is 2.19 bits per heavy atom. The van der Waals surface area contributed by atoms with Crippen LogP contribution in [0, 0.1) is 5.92 Å². The zero-order chi connectivity index (χ0) is 12.1. The second kappa shape index (κ2) is 6.45. The first-order valence-electron chi connectivity index (χ1n) is 6.02. The third-order valence-electron chi connectivity index (χ3n) is 3.27. The molecule has 1 rings (SSSR count). The summed E-state index contributed by atoms with van der Waals surface area (Å²) in [5.74, 6) is 1.80. The number of ketones is 1. The molecule has 0 spiro atoms. The average Bonchev–Trinajstić information content (AvgIpc) is 2.23. The van der Waals surface area contributed by atoms with Crippen molar-refractivity contribution in [2.24, 2.45) is 5.92 Å². The van der Waals surface area contributed by atoms with E-state index in [0.29, 0.717) is 17.6 Å². The van der Waals surface area contributed by atoms with Crippen molar-refractivity contribution in [2.45, 2.75) is 45.3 Å². The highest BCUT2D eigenvalue weighted by molar-refractivity contribution is 7.99. The number of aliphatic hydroxyl groups excluding tert-OH is 1. The molecule has 0 amide bonds. The third kappa shape index (κ3) is 3.63. The molecule has 1 aliphatic rings. The second-order valence-electron chi connectivity index (χ2n) is 4.59. The summed E-state index contributed by atoms with van der Waals surface area (Å²) >= 11 is 1.95. The third-order valence-corrected chi connectivity index (χ3v) is 4.36. The van der Waals surface area contributed by atoms with Crippen LogP contribution in [0.1, 0.15) is 40.0 Å². The van der Waals surface area contributed by atoms with Gasteiger partial charge in [0.1, 0.15) is 0 Å². The van der Waals surface area contributed by atoms with Crippen LogP contribution in [0.3, 0.4) is 0 Å². The first kappa shape index (κ1) is 13.8. The van der Waals surface area contributed by atoms with Crippen LogP contribution in [-0.4, -0.2) is 28.5 Å². The molecule has 0 saturated heterocycles. The molecule has 0 heterocycles. The van der Waals surface area contributed by atoms with Gasteiger partial charge < -0.3 is 5.11 Å². The van der Waals surface area contributed by atoms with Crippen LogP contribution >= 0.6 is 11.8 Å². The van der Waals surface area contributed by atoms with Crippen LogP contribution in [-0.2, 0) is 4.79 Å². The van der Waals surface area contributed by atoms with Gasteiger partial charge in [0.2, 0.25) is 0 Å². The van der Waals surface area contributed by atoms with Crippen molar-refractivity contribution in [1.29, 1.82) is 0 Å². The van der Waals surface area contributed by atoms with Gasteiger partial charge >= 0.3 is 0 Å². The van der Waals surface area contributed by atoms with E-state index in [1.54, 1.807) is 0 Å². The number of aliphatic hydroxyl groups is 1. The minimum Gasteiger partial charge on any atom is -0.392 e. The summed E-state index contributed by atoms with van der Waals surface area (Å²) < 4.78 is 0. The minimum atomic E-state index is 0.0450. The molecule has 0 aromatic rings. The van der Waals surface area contributed by atoms with E-state index < -0.39 is 0 Å². The van der Waals surface area contributed by atoms with Gasteiger partial charge in [-0.2, -0.15) is 11.8 Å². The molecule has 1 N–H and O–H groups in total. The Balaban J connectivity index is 2.57. The van der Waals surface area contributed by atoms with Gasteiger partial charge in [0.25, 0.3) is 0 Å². The summed E-state index contributed by atoms with van der Waals surface area (Å²) in [5.41, 5.74) is 1.75. The molecule has 0 fully saturated rings. The van der Waals surface area contributed by atoms with Gasteiger partial charge in [-0.3, -0.25) is 4.79 Å². The van der Waals surface area contributed by atoms with Gasteiger partial charge in [-0.25, -0.2) is 0 Å². The number of Topliss-reactive ketones (excluding diaryl/α,β-unsaturated/α-hetero) is 1. The lowest BCUT2D eigenvalue weighted by molar-refractivity contribution is -0.117. The maximum Gasteiger partial charge on any atom is 0.158 e. The summed E-state index contributed by atoms with van der Waals surface area (Å²) in [5, 5.41) is 9.83. The summed E-state index contributed by atoms with van der Waals surface area (Å²) in [4.78, 5) is 11.7. The van der Waals surface area contributed by atoms with Crippen molar-refractivity contribution >= 4 is 17.5 Å². The molecular weight excluding hydrogens is 220 g/mol. The van der Waals surface area contributed by atoms with Crippen LogP contribution < -0.4 is 0 Å². The fourth-order valence-electron chi connectivity index (χ4n) is 2.36. The summed E-state index contributed by atoms with van der Waals surface area (Å²) in [7, 11) is 0. The molecule has 3 heteroatoms. The highest BCUT2D eigenvalue weighted by atomic mass is 32.2. The maximum absolute atomic E-state index is 11.7. The van der Waals surface area contributed by atoms with E-state index in [-0.39, 0.29) is 12.4 Å². The van der Waals surface area contributed by atoms with Crippen LogP contribution in [0.4, 0.5) is 0 Å². The number of rotatable bonds is 5. The molecule has 2 unspecified atom stereocenters. The van der Waals surface area contributed by atoms with Gasteiger partial charge in [-0.15, -0.1) is 0 Å². The van der Waals surface area contributed by atoms with Gasteiger partial charge in [0.15, 0.2) is 5.78 Å². The zero-order valence-corrected chi connectivity index (χ0v) is 11.3. The first-order valence-corrected chi connectivity index (χ1v) is 7.07. The Morgan fingerprint density at radius 3 is 2.75 bits per heavy atom. The van der Waals surface area contributed by atoms with Crippen LogP contribution in [0.5, 0.6) is 0 Å². The molecular formula is C13H22O2S. The predicted octanol–water partition coefficient (Wildman–Crippen LogP) is 2.81. The maximum atomic E-state index is 11.7. The minimum absolute atomic E-state index is 0.0450. The molecule has 0 saturated carbocycles.